The number of rotatable bonds is 3. The molecule has 0 heterocycles. The van der Waals surface area contributed by atoms with Crippen molar-refractivity contribution in [2.75, 3.05) is 5.32 Å². The molecule has 0 aromatic heterocycles. The number of allylic oxidation sites excluding steroid dienone is 1. The summed E-state index contributed by atoms with van der Waals surface area (Å²) in [6.07, 6.45) is 1.07. The fourth-order valence-electron chi connectivity index (χ4n) is 1.04. The molecule has 0 bridgehead atoms. The van der Waals surface area contributed by atoms with Crippen LogP contribution in [0.1, 0.15) is 0 Å². The number of alkyl halides is 3. The third kappa shape index (κ3) is 4.40. The van der Waals surface area contributed by atoms with Gasteiger partial charge in [0.2, 0.25) is 0 Å². The van der Waals surface area contributed by atoms with Crippen LogP contribution in [0.2, 0.25) is 0 Å². The molecule has 0 aliphatic rings. The van der Waals surface area contributed by atoms with E-state index in [2.05, 4.69) is 5.32 Å². The fourth-order valence-corrected chi connectivity index (χ4v) is 1.67. The Bertz CT molecular complexity index is 522. The summed E-state index contributed by atoms with van der Waals surface area (Å²) >= 11 is -0.263. The van der Waals surface area contributed by atoms with Crippen molar-refractivity contribution in [3.63, 3.8) is 0 Å². The van der Waals surface area contributed by atoms with Gasteiger partial charge in [-0.15, -0.1) is 0 Å². The van der Waals surface area contributed by atoms with Crippen LogP contribution in [-0.2, 0) is 0 Å². The summed E-state index contributed by atoms with van der Waals surface area (Å²) in [6.45, 7) is 0. The lowest BCUT2D eigenvalue weighted by Crippen LogP contribution is -2.01. The molecule has 0 amide bonds. The van der Waals surface area contributed by atoms with Gasteiger partial charge in [-0.3, -0.25) is 0 Å². The Balaban J connectivity index is 2.94. The number of thioether (sulfide) groups is 1. The second-order valence-corrected chi connectivity index (χ2v) is 4.08. The predicted octanol–water partition coefficient (Wildman–Crippen LogP) is 3.64. The lowest BCUT2D eigenvalue weighted by atomic mass is 10.3. The van der Waals surface area contributed by atoms with Crippen LogP contribution >= 0.6 is 11.8 Å². The van der Waals surface area contributed by atoms with Crippen molar-refractivity contribution >= 4 is 17.4 Å². The Morgan fingerprint density at radius 2 is 1.83 bits per heavy atom. The molecule has 0 saturated carbocycles. The number of benzene rings is 1. The molecule has 18 heavy (non-hydrogen) atoms. The maximum Gasteiger partial charge on any atom is 0.446 e. The van der Waals surface area contributed by atoms with E-state index in [0.29, 0.717) is 0 Å². The molecule has 3 nitrogen and oxygen atoms in total. The number of anilines is 1. The number of nitrogens with zero attached hydrogens (tertiary/aromatic N) is 2. The second kappa shape index (κ2) is 5.99. The first kappa shape index (κ1) is 13.9. The fraction of sp³-hybridized carbons (Fsp3) is 0.0909. The number of para-hydroxylation sites is 1. The van der Waals surface area contributed by atoms with Gasteiger partial charge in [0.1, 0.15) is 17.7 Å². The minimum Gasteiger partial charge on any atom is -0.359 e. The third-order valence-corrected chi connectivity index (χ3v) is 2.53. The number of hydrogen-bond acceptors (Lipinski definition) is 4. The molecule has 0 spiro atoms. The zero-order valence-electron chi connectivity index (χ0n) is 8.82. The van der Waals surface area contributed by atoms with Crippen molar-refractivity contribution in [1.29, 1.82) is 10.5 Å². The van der Waals surface area contributed by atoms with Crippen LogP contribution in [0.5, 0.6) is 0 Å². The first-order chi connectivity index (χ1) is 8.46. The minimum absolute atomic E-state index is 0.0310. The number of nitrogens with one attached hydrogen (secondary N) is 1. The summed E-state index contributed by atoms with van der Waals surface area (Å²) in [4.78, 5) is -0.0310. The van der Waals surface area contributed by atoms with Crippen LogP contribution in [-0.4, -0.2) is 5.51 Å². The summed E-state index contributed by atoms with van der Waals surface area (Å²) in [7, 11) is 0. The number of nitriles is 2. The Hall–Kier alpha value is -2.12. The first-order valence-corrected chi connectivity index (χ1v) is 5.39. The van der Waals surface area contributed by atoms with E-state index in [4.69, 9.17) is 10.5 Å². The highest BCUT2D eigenvalue weighted by atomic mass is 32.2. The van der Waals surface area contributed by atoms with E-state index in [1.165, 1.54) is 18.2 Å². The van der Waals surface area contributed by atoms with E-state index in [1.807, 2.05) is 0 Å². The second-order valence-electron chi connectivity index (χ2n) is 2.97. The van der Waals surface area contributed by atoms with Gasteiger partial charge in [0.05, 0.1) is 5.69 Å². The molecule has 0 unspecified atom stereocenters. The SMILES string of the molecule is N#CC(C#N)=CNc1ccccc1SC(F)(F)F. The van der Waals surface area contributed by atoms with Crippen LogP contribution in [0.4, 0.5) is 18.9 Å². The molecule has 7 heteroatoms. The zero-order chi connectivity index (χ0) is 13.6. The molecule has 0 aliphatic heterocycles. The van der Waals surface area contributed by atoms with Crippen molar-refractivity contribution in [1.82, 2.24) is 0 Å². The predicted molar refractivity (Wildman–Crippen MR) is 61.3 cm³/mol. The van der Waals surface area contributed by atoms with Gasteiger partial charge >= 0.3 is 5.51 Å². The summed E-state index contributed by atoms with van der Waals surface area (Å²) in [5.74, 6) is 0. The van der Waals surface area contributed by atoms with Crippen LogP contribution in [0.25, 0.3) is 0 Å². The zero-order valence-corrected chi connectivity index (χ0v) is 9.64. The van der Waals surface area contributed by atoms with Gasteiger partial charge in [-0.1, -0.05) is 12.1 Å². The molecular weight excluding hydrogens is 263 g/mol. The highest BCUT2D eigenvalue weighted by Crippen LogP contribution is 2.40. The summed E-state index contributed by atoms with van der Waals surface area (Å²) in [5, 5.41) is 19.5. The van der Waals surface area contributed by atoms with E-state index in [0.717, 1.165) is 6.20 Å². The van der Waals surface area contributed by atoms with Gasteiger partial charge in [-0.2, -0.15) is 23.7 Å². The van der Waals surface area contributed by atoms with Crippen LogP contribution < -0.4 is 5.32 Å². The topological polar surface area (TPSA) is 59.6 Å². The van der Waals surface area contributed by atoms with Gasteiger partial charge in [-0.05, 0) is 23.9 Å². The van der Waals surface area contributed by atoms with Crippen molar-refractivity contribution in [3.8, 4) is 12.1 Å². The molecule has 1 aromatic carbocycles. The summed E-state index contributed by atoms with van der Waals surface area (Å²) in [5.41, 5.74) is -4.43. The van der Waals surface area contributed by atoms with Crippen molar-refractivity contribution in [2.45, 2.75) is 10.4 Å². The largest absolute Gasteiger partial charge is 0.446 e. The molecule has 0 atom stereocenters. The van der Waals surface area contributed by atoms with E-state index in [9.17, 15) is 13.2 Å². The normalized spacial score (nSPS) is 10.1. The average Bonchev–Trinajstić information content (AvgIpc) is 2.30. The van der Waals surface area contributed by atoms with Crippen LogP contribution in [0, 0.1) is 22.7 Å². The van der Waals surface area contributed by atoms with E-state index in [1.54, 1.807) is 18.2 Å². The molecular formula is C11H6F3N3S. The average molecular weight is 269 g/mol. The number of hydrogen-bond donors (Lipinski definition) is 1. The molecule has 1 rings (SSSR count). The molecule has 0 saturated heterocycles. The van der Waals surface area contributed by atoms with Gasteiger partial charge < -0.3 is 5.32 Å². The van der Waals surface area contributed by atoms with Gasteiger partial charge in [0.15, 0.2) is 0 Å². The maximum absolute atomic E-state index is 12.3. The van der Waals surface area contributed by atoms with Gasteiger partial charge in [0.25, 0.3) is 0 Å². The summed E-state index contributed by atoms with van der Waals surface area (Å²) in [6, 6.07) is 8.94. The van der Waals surface area contributed by atoms with Gasteiger partial charge in [-0.25, -0.2) is 0 Å². The molecule has 0 fully saturated rings. The number of halogens is 3. The van der Waals surface area contributed by atoms with E-state index in [-0.39, 0.29) is 27.9 Å². The van der Waals surface area contributed by atoms with Crippen molar-refractivity contribution in [2.24, 2.45) is 0 Å². The first-order valence-electron chi connectivity index (χ1n) is 4.58. The molecule has 92 valence electrons. The third-order valence-electron chi connectivity index (χ3n) is 1.73. The van der Waals surface area contributed by atoms with Crippen LogP contribution in [0.15, 0.2) is 40.9 Å². The molecule has 0 aliphatic carbocycles. The Morgan fingerprint density at radius 3 is 2.39 bits per heavy atom. The summed E-state index contributed by atoms with van der Waals surface area (Å²) < 4.78 is 36.8. The monoisotopic (exact) mass is 269 g/mol. The smallest absolute Gasteiger partial charge is 0.359 e. The minimum atomic E-state index is -4.39. The highest BCUT2D eigenvalue weighted by molar-refractivity contribution is 8.00. The molecule has 0 radical (unpaired) electrons. The van der Waals surface area contributed by atoms with Crippen LogP contribution in [0.3, 0.4) is 0 Å². The molecule has 1 aromatic rings. The van der Waals surface area contributed by atoms with Gasteiger partial charge in [0, 0.05) is 11.1 Å². The lowest BCUT2D eigenvalue weighted by molar-refractivity contribution is -0.0327. The Kier molecular flexibility index (Phi) is 4.64. The lowest BCUT2D eigenvalue weighted by Gasteiger charge is -2.10. The van der Waals surface area contributed by atoms with E-state index >= 15 is 0 Å². The van der Waals surface area contributed by atoms with E-state index < -0.39 is 5.51 Å². The quantitative estimate of drug-likeness (QED) is 0.672. The standard InChI is InChI=1S/C11H6F3N3S/c12-11(13,14)18-10-4-2-1-3-9(10)17-7-8(5-15)6-16/h1-4,7,17H. The van der Waals surface area contributed by atoms with Crippen molar-refractivity contribution < 1.29 is 13.2 Å². The molecule has 1 N–H and O–H groups in total. The Morgan fingerprint density at radius 1 is 1.22 bits per heavy atom. The Labute approximate surface area is 106 Å². The maximum atomic E-state index is 12.3. The van der Waals surface area contributed by atoms with Crippen molar-refractivity contribution in [3.05, 3.63) is 36.0 Å². The highest BCUT2D eigenvalue weighted by Gasteiger charge is 2.30.